The number of benzene rings is 3. The Morgan fingerprint density at radius 2 is 1.70 bits per heavy atom. The highest BCUT2D eigenvalue weighted by Gasteiger charge is 2.15. The molecule has 0 aliphatic rings. The quantitative estimate of drug-likeness (QED) is 0.377. The van der Waals surface area contributed by atoms with Crippen molar-refractivity contribution >= 4 is 11.6 Å². The van der Waals surface area contributed by atoms with E-state index in [0.29, 0.717) is 35.1 Å². The van der Waals surface area contributed by atoms with Gasteiger partial charge in [-0.15, -0.1) is 0 Å². The molecule has 1 heterocycles. The Morgan fingerprint density at radius 1 is 0.967 bits per heavy atom. The molecule has 0 spiro atoms. The van der Waals surface area contributed by atoms with E-state index in [2.05, 4.69) is 10.2 Å². The molecule has 6 heteroatoms. The standard InChI is InChI=1S/C24H21ClN2O3/c1-15-10-19(11-16(2)23(15)25)30-22-13-26-27-24(22)20-9-8-18(12-21(20)28)29-14-17-6-4-3-5-7-17/h3-13,28H,14H2,1-2H3,(H,26,27). The van der Waals surface area contributed by atoms with Gasteiger partial charge in [0.15, 0.2) is 5.75 Å². The van der Waals surface area contributed by atoms with Crippen LogP contribution in [-0.2, 0) is 6.61 Å². The maximum atomic E-state index is 10.6. The summed E-state index contributed by atoms with van der Waals surface area (Å²) in [6.45, 7) is 4.28. The fourth-order valence-electron chi connectivity index (χ4n) is 3.19. The van der Waals surface area contributed by atoms with Crippen LogP contribution in [0.4, 0.5) is 0 Å². The van der Waals surface area contributed by atoms with Crippen LogP contribution in [0.25, 0.3) is 11.3 Å². The summed E-state index contributed by atoms with van der Waals surface area (Å²) >= 11 is 6.24. The third-order valence-corrected chi connectivity index (χ3v) is 5.33. The molecule has 0 saturated carbocycles. The number of halogens is 1. The number of aromatic amines is 1. The number of hydrogen-bond donors (Lipinski definition) is 2. The van der Waals surface area contributed by atoms with Gasteiger partial charge < -0.3 is 14.6 Å². The van der Waals surface area contributed by atoms with Gasteiger partial charge in [-0.3, -0.25) is 5.10 Å². The number of nitrogens with one attached hydrogen (secondary N) is 1. The zero-order valence-corrected chi connectivity index (χ0v) is 17.4. The predicted molar refractivity (Wildman–Crippen MR) is 117 cm³/mol. The van der Waals surface area contributed by atoms with Gasteiger partial charge >= 0.3 is 0 Å². The highest BCUT2D eigenvalue weighted by atomic mass is 35.5. The monoisotopic (exact) mass is 420 g/mol. The first kappa shape index (κ1) is 19.9. The Balaban J connectivity index is 1.54. The average Bonchev–Trinajstić information content (AvgIpc) is 3.19. The van der Waals surface area contributed by atoms with E-state index in [1.165, 1.54) is 0 Å². The molecular weight excluding hydrogens is 400 g/mol. The lowest BCUT2D eigenvalue weighted by atomic mass is 10.1. The summed E-state index contributed by atoms with van der Waals surface area (Å²) in [7, 11) is 0. The predicted octanol–water partition coefficient (Wildman–Crippen LogP) is 6.42. The van der Waals surface area contributed by atoms with E-state index in [1.807, 2.05) is 56.3 Å². The smallest absolute Gasteiger partial charge is 0.173 e. The molecule has 0 aliphatic heterocycles. The van der Waals surface area contributed by atoms with Crippen LogP contribution in [0.3, 0.4) is 0 Å². The maximum absolute atomic E-state index is 10.6. The lowest BCUT2D eigenvalue weighted by molar-refractivity contribution is 0.304. The lowest BCUT2D eigenvalue weighted by Gasteiger charge is -2.12. The van der Waals surface area contributed by atoms with Gasteiger partial charge in [0.1, 0.15) is 29.5 Å². The first-order valence-electron chi connectivity index (χ1n) is 9.49. The van der Waals surface area contributed by atoms with Crippen molar-refractivity contribution in [3.05, 3.63) is 88.6 Å². The van der Waals surface area contributed by atoms with Crippen LogP contribution in [0.1, 0.15) is 16.7 Å². The van der Waals surface area contributed by atoms with Gasteiger partial charge in [0.2, 0.25) is 0 Å². The highest BCUT2D eigenvalue weighted by molar-refractivity contribution is 6.32. The Hall–Kier alpha value is -3.44. The molecule has 30 heavy (non-hydrogen) atoms. The Bertz CT molecular complexity index is 1150. The molecule has 0 aliphatic carbocycles. The highest BCUT2D eigenvalue weighted by Crippen LogP contribution is 2.38. The van der Waals surface area contributed by atoms with Crippen molar-refractivity contribution < 1.29 is 14.6 Å². The average molecular weight is 421 g/mol. The van der Waals surface area contributed by atoms with Crippen molar-refractivity contribution in [2.75, 3.05) is 0 Å². The molecule has 3 aromatic carbocycles. The van der Waals surface area contributed by atoms with Crippen molar-refractivity contribution in [3.63, 3.8) is 0 Å². The molecule has 0 amide bonds. The molecule has 0 atom stereocenters. The lowest BCUT2D eigenvalue weighted by Crippen LogP contribution is -1.95. The molecule has 0 radical (unpaired) electrons. The van der Waals surface area contributed by atoms with Crippen LogP contribution < -0.4 is 9.47 Å². The number of nitrogens with zero attached hydrogens (tertiary/aromatic N) is 1. The fourth-order valence-corrected chi connectivity index (χ4v) is 3.30. The number of ether oxygens (including phenoxy) is 2. The summed E-state index contributed by atoms with van der Waals surface area (Å²) in [5.74, 6) is 1.80. The Labute approximate surface area is 179 Å². The number of rotatable bonds is 6. The second-order valence-electron chi connectivity index (χ2n) is 7.04. The molecule has 152 valence electrons. The van der Waals surface area contributed by atoms with Crippen LogP contribution in [0, 0.1) is 13.8 Å². The number of H-pyrrole nitrogens is 1. The van der Waals surface area contributed by atoms with Crippen molar-refractivity contribution in [1.29, 1.82) is 0 Å². The number of phenolic OH excluding ortho intramolecular Hbond substituents is 1. The van der Waals surface area contributed by atoms with Crippen LogP contribution in [0.2, 0.25) is 5.02 Å². The fraction of sp³-hybridized carbons (Fsp3) is 0.125. The third-order valence-electron chi connectivity index (χ3n) is 4.73. The van der Waals surface area contributed by atoms with E-state index in [0.717, 1.165) is 21.7 Å². The molecule has 0 fully saturated rings. The van der Waals surface area contributed by atoms with E-state index in [-0.39, 0.29) is 5.75 Å². The number of hydrogen-bond acceptors (Lipinski definition) is 4. The van der Waals surface area contributed by atoms with Gasteiger partial charge in [0.25, 0.3) is 0 Å². The summed E-state index contributed by atoms with van der Waals surface area (Å²) in [4.78, 5) is 0. The summed E-state index contributed by atoms with van der Waals surface area (Å²) in [6.07, 6.45) is 1.58. The van der Waals surface area contributed by atoms with Crippen molar-refractivity contribution in [3.8, 4) is 34.3 Å². The van der Waals surface area contributed by atoms with Crippen molar-refractivity contribution in [2.45, 2.75) is 20.5 Å². The minimum absolute atomic E-state index is 0.0677. The summed E-state index contributed by atoms with van der Waals surface area (Å²) in [5.41, 5.74) is 4.06. The van der Waals surface area contributed by atoms with Gasteiger partial charge in [-0.05, 0) is 54.8 Å². The third kappa shape index (κ3) is 4.26. The molecule has 0 bridgehead atoms. The van der Waals surface area contributed by atoms with Crippen LogP contribution in [0.5, 0.6) is 23.0 Å². The summed E-state index contributed by atoms with van der Waals surface area (Å²) in [6, 6.07) is 18.8. The Morgan fingerprint density at radius 3 is 2.40 bits per heavy atom. The van der Waals surface area contributed by atoms with Gasteiger partial charge in [0.05, 0.1) is 6.20 Å². The number of phenols is 1. The van der Waals surface area contributed by atoms with Crippen LogP contribution in [-0.4, -0.2) is 15.3 Å². The second kappa shape index (κ2) is 8.51. The normalized spacial score (nSPS) is 10.8. The SMILES string of the molecule is Cc1cc(Oc2cn[nH]c2-c2ccc(OCc3ccccc3)cc2O)cc(C)c1Cl. The van der Waals surface area contributed by atoms with Gasteiger partial charge in [0, 0.05) is 16.7 Å². The summed E-state index contributed by atoms with van der Waals surface area (Å²) in [5, 5.41) is 18.3. The molecule has 2 N–H and O–H groups in total. The minimum atomic E-state index is 0.0677. The molecular formula is C24H21ClN2O3. The van der Waals surface area contributed by atoms with Gasteiger partial charge in [-0.1, -0.05) is 41.9 Å². The van der Waals surface area contributed by atoms with E-state index < -0.39 is 0 Å². The van der Waals surface area contributed by atoms with Crippen LogP contribution >= 0.6 is 11.6 Å². The molecule has 0 saturated heterocycles. The van der Waals surface area contributed by atoms with Gasteiger partial charge in [-0.25, -0.2) is 0 Å². The van der Waals surface area contributed by atoms with E-state index >= 15 is 0 Å². The minimum Gasteiger partial charge on any atom is -0.507 e. The molecule has 1 aromatic heterocycles. The van der Waals surface area contributed by atoms with Crippen molar-refractivity contribution in [2.24, 2.45) is 0 Å². The molecule has 0 unspecified atom stereocenters. The van der Waals surface area contributed by atoms with E-state index in [1.54, 1.807) is 24.4 Å². The molecule has 5 nitrogen and oxygen atoms in total. The maximum Gasteiger partial charge on any atom is 0.173 e. The zero-order chi connectivity index (χ0) is 21.1. The van der Waals surface area contributed by atoms with Gasteiger partial charge in [-0.2, -0.15) is 5.10 Å². The number of aryl methyl sites for hydroxylation is 2. The zero-order valence-electron chi connectivity index (χ0n) is 16.6. The first-order chi connectivity index (χ1) is 14.5. The Kier molecular flexibility index (Phi) is 5.63. The largest absolute Gasteiger partial charge is 0.507 e. The summed E-state index contributed by atoms with van der Waals surface area (Å²) < 4.78 is 11.8. The second-order valence-corrected chi connectivity index (χ2v) is 7.41. The van der Waals surface area contributed by atoms with E-state index in [9.17, 15) is 5.11 Å². The molecule has 4 aromatic rings. The van der Waals surface area contributed by atoms with Crippen LogP contribution in [0.15, 0.2) is 66.9 Å². The molecule has 4 rings (SSSR count). The topological polar surface area (TPSA) is 67.4 Å². The first-order valence-corrected chi connectivity index (χ1v) is 9.87. The van der Waals surface area contributed by atoms with Crippen molar-refractivity contribution in [1.82, 2.24) is 10.2 Å². The number of aromatic nitrogens is 2. The van der Waals surface area contributed by atoms with E-state index in [4.69, 9.17) is 21.1 Å². The number of aromatic hydroxyl groups is 1.